The molecule has 1 aliphatic rings. The summed E-state index contributed by atoms with van der Waals surface area (Å²) in [5.41, 5.74) is 2.77. The van der Waals surface area contributed by atoms with E-state index in [2.05, 4.69) is 15.3 Å². The maximum absolute atomic E-state index is 12.4. The molecule has 7 heteroatoms. The van der Waals surface area contributed by atoms with Crippen molar-refractivity contribution in [1.29, 1.82) is 0 Å². The number of nitrogens with one attached hydrogen (secondary N) is 1. The fourth-order valence-electron chi connectivity index (χ4n) is 2.78. The first-order valence-corrected chi connectivity index (χ1v) is 8.88. The fourth-order valence-corrected chi connectivity index (χ4v) is 3.36. The summed E-state index contributed by atoms with van der Waals surface area (Å²) < 4.78 is 0. The van der Waals surface area contributed by atoms with Crippen molar-refractivity contribution in [3.05, 3.63) is 40.5 Å². The van der Waals surface area contributed by atoms with Crippen LogP contribution in [0.2, 0.25) is 0 Å². The number of aryl methyl sites for hydroxylation is 1. The second kappa shape index (κ2) is 7.53. The predicted molar refractivity (Wildman–Crippen MR) is 92.7 cm³/mol. The van der Waals surface area contributed by atoms with Gasteiger partial charge in [-0.3, -0.25) is 14.6 Å². The van der Waals surface area contributed by atoms with Crippen molar-refractivity contribution in [3.63, 3.8) is 0 Å². The van der Waals surface area contributed by atoms with Gasteiger partial charge < -0.3 is 10.2 Å². The highest BCUT2D eigenvalue weighted by Crippen LogP contribution is 2.20. The van der Waals surface area contributed by atoms with Crippen LogP contribution in [0.1, 0.15) is 23.3 Å². The lowest BCUT2D eigenvalue weighted by Crippen LogP contribution is -2.44. The Balaban J connectivity index is 1.57. The van der Waals surface area contributed by atoms with Gasteiger partial charge in [0.2, 0.25) is 11.8 Å². The molecule has 1 unspecified atom stereocenters. The van der Waals surface area contributed by atoms with Crippen LogP contribution >= 0.6 is 11.3 Å². The summed E-state index contributed by atoms with van der Waals surface area (Å²) >= 11 is 1.48. The zero-order chi connectivity index (χ0) is 16.9. The molecule has 1 saturated heterocycles. The molecule has 1 N–H and O–H groups in total. The number of anilines is 1. The summed E-state index contributed by atoms with van der Waals surface area (Å²) in [4.78, 5) is 35.8. The van der Waals surface area contributed by atoms with E-state index in [1.54, 1.807) is 28.9 Å². The number of rotatable bonds is 4. The lowest BCUT2D eigenvalue weighted by Gasteiger charge is -2.32. The van der Waals surface area contributed by atoms with E-state index < -0.39 is 0 Å². The van der Waals surface area contributed by atoms with Gasteiger partial charge in [0.05, 0.1) is 17.8 Å². The average molecular weight is 344 g/mol. The molecule has 2 amide bonds. The maximum Gasteiger partial charge on any atom is 0.230 e. The molecule has 24 heavy (non-hydrogen) atoms. The quantitative estimate of drug-likeness (QED) is 0.923. The van der Waals surface area contributed by atoms with Crippen LogP contribution < -0.4 is 5.32 Å². The zero-order valence-corrected chi connectivity index (χ0v) is 14.4. The van der Waals surface area contributed by atoms with Crippen LogP contribution in [0.25, 0.3) is 0 Å². The third kappa shape index (κ3) is 4.17. The molecule has 6 nitrogen and oxygen atoms in total. The first kappa shape index (κ1) is 16.6. The van der Waals surface area contributed by atoms with E-state index in [0.717, 1.165) is 23.3 Å². The van der Waals surface area contributed by atoms with E-state index in [9.17, 15) is 9.59 Å². The number of likely N-dealkylation sites (tertiary alicyclic amines) is 1. The minimum absolute atomic E-state index is 0.0604. The second-order valence-electron chi connectivity index (χ2n) is 6.03. The Kier molecular flexibility index (Phi) is 5.20. The van der Waals surface area contributed by atoms with Gasteiger partial charge in [0.1, 0.15) is 5.82 Å². The van der Waals surface area contributed by atoms with Crippen LogP contribution in [-0.2, 0) is 16.0 Å². The van der Waals surface area contributed by atoms with Crippen LogP contribution in [-0.4, -0.2) is 39.8 Å². The lowest BCUT2D eigenvalue weighted by molar-refractivity contribution is -0.133. The smallest absolute Gasteiger partial charge is 0.230 e. The molecule has 2 aromatic rings. The minimum Gasteiger partial charge on any atom is -0.342 e. The summed E-state index contributed by atoms with van der Waals surface area (Å²) in [5, 5.41) is 2.85. The fraction of sp³-hybridized carbons (Fsp3) is 0.412. The summed E-state index contributed by atoms with van der Waals surface area (Å²) in [6.45, 7) is 3.13. The molecule has 0 aromatic carbocycles. The van der Waals surface area contributed by atoms with Crippen molar-refractivity contribution in [2.45, 2.75) is 26.2 Å². The number of carbonyl (C=O) groups is 2. The SMILES string of the molecule is Cc1ccc(NC(=O)C2CCCN(C(=O)Cc3cncs3)C2)nc1. The molecule has 0 spiro atoms. The van der Waals surface area contributed by atoms with Gasteiger partial charge in [-0.2, -0.15) is 0 Å². The van der Waals surface area contributed by atoms with E-state index in [4.69, 9.17) is 0 Å². The van der Waals surface area contributed by atoms with Gasteiger partial charge in [-0.15, -0.1) is 11.3 Å². The summed E-state index contributed by atoms with van der Waals surface area (Å²) in [6.07, 6.45) is 5.44. The second-order valence-corrected chi connectivity index (χ2v) is 7.00. The first-order chi connectivity index (χ1) is 11.6. The number of thiazole rings is 1. The first-order valence-electron chi connectivity index (χ1n) is 8.00. The number of piperidine rings is 1. The Morgan fingerprint density at radius 1 is 1.38 bits per heavy atom. The van der Waals surface area contributed by atoms with E-state index >= 15 is 0 Å². The summed E-state index contributed by atoms with van der Waals surface area (Å²) in [6, 6.07) is 3.71. The highest BCUT2D eigenvalue weighted by atomic mass is 32.1. The Hall–Kier alpha value is -2.28. The van der Waals surface area contributed by atoms with Crippen molar-refractivity contribution in [2.24, 2.45) is 5.92 Å². The van der Waals surface area contributed by atoms with E-state index in [-0.39, 0.29) is 17.7 Å². The number of carbonyl (C=O) groups excluding carboxylic acids is 2. The van der Waals surface area contributed by atoms with E-state index in [1.165, 1.54) is 11.3 Å². The van der Waals surface area contributed by atoms with Crippen LogP contribution in [0, 0.1) is 12.8 Å². The Morgan fingerprint density at radius 2 is 2.25 bits per heavy atom. The van der Waals surface area contributed by atoms with Gasteiger partial charge >= 0.3 is 0 Å². The van der Waals surface area contributed by atoms with Crippen molar-refractivity contribution < 1.29 is 9.59 Å². The molecule has 2 aromatic heterocycles. The minimum atomic E-state index is -0.188. The number of hydrogen-bond donors (Lipinski definition) is 1. The van der Waals surface area contributed by atoms with Gasteiger partial charge in [-0.1, -0.05) is 6.07 Å². The van der Waals surface area contributed by atoms with Crippen LogP contribution in [0.4, 0.5) is 5.82 Å². The summed E-state index contributed by atoms with van der Waals surface area (Å²) in [5.74, 6) is 0.359. The molecule has 0 bridgehead atoms. The van der Waals surface area contributed by atoms with Gasteiger partial charge in [0.25, 0.3) is 0 Å². The largest absolute Gasteiger partial charge is 0.342 e. The lowest BCUT2D eigenvalue weighted by atomic mass is 9.97. The molecular formula is C17H20N4O2S. The van der Waals surface area contributed by atoms with Crippen molar-refractivity contribution >= 4 is 29.0 Å². The Bertz CT molecular complexity index is 700. The molecule has 3 rings (SSSR count). The van der Waals surface area contributed by atoms with Crippen LogP contribution in [0.3, 0.4) is 0 Å². The van der Waals surface area contributed by atoms with Crippen molar-refractivity contribution in [2.75, 3.05) is 18.4 Å². The average Bonchev–Trinajstić information content (AvgIpc) is 3.10. The third-order valence-corrected chi connectivity index (χ3v) is 4.90. The molecule has 0 radical (unpaired) electrons. The number of amides is 2. The van der Waals surface area contributed by atoms with Crippen molar-refractivity contribution in [3.8, 4) is 0 Å². The monoisotopic (exact) mass is 344 g/mol. The molecule has 0 saturated carbocycles. The Labute approximate surface area is 144 Å². The maximum atomic E-state index is 12.4. The van der Waals surface area contributed by atoms with Gasteiger partial charge in [0, 0.05) is 30.4 Å². The number of nitrogens with zero attached hydrogens (tertiary/aromatic N) is 3. The van der Waals surface area contributed by atoms with E-state index in [1.807, 2.05) is 13.0 Å². The van der Waals surface area contributed by atoms with Gasteiger partial charge in [-0.05, 0) is 31.4 Å². The Morgan fingerprint density at radius 3 is 2.96 bits per heavy atom. The molecule has 1 fully saturated rings. The highest BCUT2D eigenvalue weighted by Gasteiger charge is 2.28. The van der Waals surface area contributed by atoms with Crippen molar-refractivity contribution in [1.82, 2.24) is 14.9 Å². The normalized spacial score (nSPS) is 17.5. The van der Waals surface area contributed by atoms with Gasteiger partial charge in [-0.25, -0.2) is 4.98 Å². The molecular weight excluding hydrogens is 324 g/mol. The molecule has 1 aliphatic heterocycles. The third-order valence-electron chi connectivity index (χ3n) is 4.12. The topological polar surface area (TPSA) is 75.2 Å². The molecule has 0 aliphatic carbocycles. The van der Waals surface area contributed by atoms with Crippen LogP contribution in [0.5, 0.6) is 0 Å². The zero-order valence-electron chi connectivity index (χ0n) is 13.6. The molecule has 3 heterocycles. The molecule has 126 valence electrons. The van der Waals surface area contributed by atoms with Crippen LogP contribution in [0.15, 0.2) is 30.0 Å². The standard InChI is InChI=1S/C17H20N4O2S/c1-12-4-5-15(19-8-12)20-17(23)13-3-2-6-21(10-13)16(22)7-14-9-18-11-24-14/h4-5,8-9,11,13H,2-3,6-7,10H2,1H3,(H,19,20,23). The summed E-state index contributed by atoms with van der Waals surface area (Å²) in [7, 11) is 0. The molecule has 1 atom stereocenters. The van der Waals surface area contributed by atoms with E-state index in [0.29, 0.717) is 25.3 Å². The predicted octanol–water partition coefficient (Wildman–Crippen LogP) is 2.27. The number of pyridine rings is 1. The number of aromatic nitrogens is 2. The number of hydrogen-bond acceptors (Lipinski definition) is 5. The van der Waals surface area contributed by atoms with Gasteiger partial charge in [0.15, 0.2) is 0 Å². The highest BCUT2D eigenvalue weighted by molar-refractivity contribution is 7.09.